The summed E-state index contributed by atoms with van der Waals surface area (Å²) in [4.78, 5) is 16.3. The van der Waals surface area contributed by atoms with Crippen LogP contribution in [0, 0.1) is 10.1 Å². The Balaban J connectivity index is 1.79. The molecule has 1 atom stereocenters. The molecule has 0 aliphatic carbocycles. The average molecular weight is 411 g/mol. The van der Waals surface area contributed by atoms with Gasteiger partial charge in [-0.3, -0.25) is 10.1 Å². The van der Waals surface area contributed by atoms with Crippen LogP contribution in [0.25, 0.3) is 11.3 Å². The molecule has 7 nitrogen and oxygen atoms in total. The summed E-state index contributed by atoms with van der Waals surface area (Å²) < 4.78 is 13.4. The number of para-hydroxylation sites is 2. The van der Waals surface area contributed by atoms with Gasteiger partial charge < -0.3 is 14.0 Å². The summed E-state index contributed by atoms with van der Waals surface area (Å²) in [6.07, 6.45) is 2.20. The van der Waals surface area contributed by atoms with Crippen molar-refractivity contribution in [3.8, 4) is 17.0 Å². The first-order valence-corrected chi connectivity index (χ1v) is 10.3. The minimum absolute atomic E-state index is 0.0774. The SMILES string of the molecule is COc1ccccc1N=c1scc(-c2ccc([N+](=O)[O-])cc2)n1CC1CCCO1. The van der Waals surface area contributed by atoms with E-state index in [-0.39, 0.29) is 16.7 Å². The first kappa shape index (κ1) is 19.4. The number of nitro benzene ring substituents is 1. The average Bonchev–Trinajstić information content (AvgIpc) is 3.39. The maximum Gasteiger partial charge on any atom is 0.269 e. The van der Waals surface area contributed by atoms with E-state index < -0.39 is 0 Å². The lowest BCUT2D eigenvalue weighted by atomic mass is 10.1. The van der Waals surface area contributed by atoms with Crippen LogP contribution >= 0.6 is 11.3 Å². The molecule has 8 heteroatoms. The van der Waals surface area contributed by atoms with Gasteiger partial charge in [-0.2, -0.15) is 0 Å². The summed E-state index contributed by atoms with van der Waals surface area (Å²) in [5.74, 6) is 0.710. The van der Waals surface area contributed by atoms with Crippen molar-refractivity contribution in [3.63, 3.8) is 0 Å². The van der Waals surface area contributed by atoms with Gasteiger partial charge in [-0.05, 0) is 42.7 Å². The number of aromatic nitrogens is 1. The van der Waals surface area contributed by atoms with Gasteiger partial charge in [0.2, 0.25) is 0 Å². The highest BCUT2D eigenvalue weighted by molar-refractivity contribution is 7.07. The molecule has 4 rings (SSSR count). The number of non-ortho nitro benzene ring substituents is 1. The van der Waals surface area contributed by atoms with E-state index in [0.29, 0.717) is 12.3 Å². The van der Waals surface area contributed by atoms with Crippen LogP contribution in [0.4, 0.5) is 11.4 Å². The normalized spacial score (nSPS) is 16.9. The minimum atomic E-state index is -0.389. The number of ether oxygens (including phenoxy) is 2. The van der Waals surface area contributed by atoms with E-state index in [0.717, 1.165) is 41.2 Å². The van der Waals surface area contributed by atoms with Gasteiger partial charge >= 0.3 is 0 Å². The van der Waals surface area contributed by atoms with Crippen molar-refractivity contribution in [2.75, 3.05) is 13.7 Å². The standard InChI is InChI=1S/C21H21N3O4S/c1-27-20-7-3-2-6-18(20)22-21-23(13-17-5-4-12-28-17)19(14-29-21)15-8-10-16(11-9-15)24(25)26/h2-3,6-11,14,17H,4-5,12-13H2,1H3. The first-order valence-electron chi connectivity index (χ1n) is 9.38. The molecule has 150 valence electrons. The predicted molar refractivity (Wildman–Crippen MR) is 112 cm³/mol. The smallest absolute Gasteiger partial charge is 0.269 e. The van der Waals surface area contributed by atoms with Gasteiger partial charge in [-0.1, -0.05) is 12.1 Å². The van der Waals surface area contributed by atoms with E-state index in [1.165, 1.54) is 23.5 Å². The molecular weight excluding hydrogens is 390 g/mol. The predicted octanol–water partition coefficient (Wildman–Crippen LogP) is 4.54. The Kier molecular flexibility index (Phi) is 5.73. The molecule has 1 fully saturated rings. The zero-order valence-corrected chi connectivity index (χ0v) is 16.8. The molecule has 0 amide bonds. The summed E-state index contributed by atoms with van der Waals surface area (Å²) in [5.41, 5.74) is 2.71. The molecule has 2 aromatic carbocycles. The molecule has 3 aromatic rings. The van der Waals surface area contributed by atoms with Gasteiger partial charge in [0.25, 0.3) is 5.69 Å². The zero-order valence-electron chi connectivity index (χ0n) is 16.0. The number of hydrogen-bond donors (Lipinski definition) is 0. The van der Waals surface area contributed by atoms with Crippen LogP contribution in [0.5, 0.6) is 5.75 Å². The highest BCUT2D eigenvalue weighted by Crippen LogP contribution is 2.28. The molecule has 1 aliphatic rings. The summed E-state index contributed by atoms with van der Waals surface area (Å²) >= 11 is 1.53. The molecule has 1 unspecified atom stereocenters. The van der Waals surface area contributed by atoms with E-state index >= 15 is 0 Å². The molecule has 1 aromatic heterocycles. The number of rotatable bonds is 6. The van der Waals surface area contributed by atoms with Crippen LogP contribution in [-0.4, -0.2) is 29.3 Å². The fourth-order valence-electron chi connectivity index (χ4n) is 3.40. The van der Waals surface area contributed by atoms with Crippen molar-refractivity contribution < 1.29 is 14.4 Å². The number of nitrogens with zero attached hydrogens (tertiary/aromatic N) is 3. The van der Waals surface area contributed by atoms with Crippen molar-refractivity contribution in [2.45, 2.75) is 25.5 Å². The number of benzene rings is 2. The fourth-order valence-corrected chi connectivity index (χ4v) is 4.33. The van der Waals surface area contributed by atoms with E-state index in [1.54, 1.807) is 19.2 Å². The van der Waals surface area contributed by atoms with Crippen LogP contribution in [-0.2, 0) is 11.3 Å². The van der Waals surface area contributed by atoms with Gasteiger partial charge in [-0.25, -0.2) is 4.99 Å². The maximum absolute atomic E-state index is 11.0. The Morgan fingerprint density at radius 1 is 1.28 bits per heavy atom. The van der Waals surface area contributed by atoms with E-state index in [4.69, 9.17) is 14.5 Å². The van der Waals surface area contributed by atoms with Crippen LogP contribution in [0.2, 0.25) is 0 Å². The third kappa shape index (κ3) is 4.23. The molecule has 1 aliphatic heterocycles. The number of nitro groups is 1. The van der Waals surface area contributed by atoms with Gasteiger partial charge in [0, 0.05) is 24.1 Å². The second-order valence-electron chi connectivity index (χ2n) is 6.74. The van der Waals surface area contributed by atoms with Gasteiger partial charge in [0.05, 0.1) is 30.4 Å². The number of hydrogen-bond acceptors (Lipinski definition) is 6. The van der Waals surface area contributed by atoms with Gasteiger partial charge in [-0.15, -0.1) is 11.3 Å². The third-order valence-electron chi connectivity index (χ3n) is 4.88. The van der Waals surface area contributed by atoms with Crippen molar-refractivity contribution in [2.24, 2.45) is 4.99 Å². The highest BCUT2D eigenvalue weighted by Gasteiger charge is 2.19. The summed E-state index contributed by atoms with van der Waals surface area (Å²) in [6.45, 7) is 1.46. The van der Waals surface area contributed by atoms with Crippen molar-refractivity contribution in [3.05, 3.63) is 68.8 Å². The number of thiazole rings is 1. The Labute approximate surface area is 172 Å². The molecular formula is C21H21N3O4S. The summed E-state index contributed by atoms with van der Waals surface area (Å²) in [5, 5.41) is 13.0. The molecule has 0 saturated carbocycles. The largest absolute Gasteiger partial charge is 0.494 e. The molecule has 0 spiro atoms. The van der Waals surface area contributed by atoms with E-state index in [9.17, 15) is 10.1 Å². The van der Waals surface area contributed by atoms with Crippen molar-refractivity contribution in [1.29, 1.82) is 0 Å². The van der Waals surface area contributed by atoms with Crippen LogP contribution in [0.1, 0.15) is 12.8 Å². The molecule has 0 N–H and O–H groups in total. The molecule has 1 saturated heterocycles. The van der Waals surface area contributed by atoms with Gasteiger partial charge in [0.1, 0.15) is 11.4 Å². The topological polar surface area (TPSA) is 78.9 Å². The van der Waals surface area contributed by atoms with Crippen LogP contribution in [0.15, 0.2) is 58.9 Å². The molecule has 29 heavy (non-hydrogen) atoms. The van der Waals surface area contributed by atoms with Crippen LogP contribution < -0.4 is 9.54 Å². The molecule has 0 radical (unpaired) electrons. The maximum atomic E-state index is 11.0. The molecule has 0 bridgehead atoms. The summed E-state index contributed by atoms with van der Waals surface area (Å²) in [6, 6.07) is 14.2. The zero-order chi connectivity index (χ0) is 20.2. The number of methoxy groups -OCH3 is 1. The summed E-state index contributed by atoms with van der Waals surface area (Å²) in [7, 11) is 1.63. The lowest BCUT2D eigenvalue weighted by molar-refractivity contribution is -0.384. The van der Waals surface area contributed by atoms with E-state index in [2.05, 4.69) is 4.57 Å². The Hall–Kier alpha value is -2.97. The monoisotopic (exact) mass is 411 g/mol. The Morgan fingerprint density at radius 2 is 2.07 bits per heavy atom. The molecule has 2 heterocycles. The van der Waals surface area contributed by atoms with E-state index in [1.807, 2.05) is 29.6 Å². The minimum Gasteiger partial charge on any atom is -0.494 e. The van der Waals surface area contributed by atoms with Crippen LogP contribution in [0.3, 0.4) is 0 Å². The Morgan fingerprint density at radius 3 is 2.76 bits per heavy atom. The lowest BCUT2D eigenvalue weighted by Gasteiger charge is -2.14. The lowest BCUT2D eigenvalue weighted by Crippen LogP contribution is -2.24. The first-order chi connectivity index (χ1) is 14.2. The van der Waals surface area contributed by atoms with Crippen molar-refractivity contribution in [1.82, 2.24) is 4.57 Å². The van der Waals surface area contributed by atoms with Gasteiger partial charge in [0.15, 0.2) is 4.80 Å². The fraction of sp³-hybridized carbons (Fsp3) is 0.286. The third-order valence-corrected chi connectivity index (χ3v) is 5.75. The second kappa shape index (κ2) is 8.59. The Bertz CT molecular complexity index is 1070. The second-order valence-corrected chi connectivity index (χ2v) is 7.57. The quantitative estimate of drug-likeness (QED) is 0.440. The highest BCUT2D eigenvalue weighted by atomic mass is 32.1. The van der Waals surface area contributed by atoms with Crippen molar-refractivity contribution >= 4 is 22.7 Å².